The number of hydrogen-bond acceptors (Lipinski definition) is 3. The summed E-state index contributed by atoms with van der Waals surface area (Å²) in [4.78, 5) is 20.2. The van der Waals surface area contributed by atoms with Crippen molar-refractivity contribution in [3.05, 3.63) is 0 Å². The van der Waals surface area contributed by atoms with Gasteiger partial charge in [0.25, 0.3) is 0 Å². The number of hydrogen-bond donors (Lipinski definition) is 2. The lowest BCUT2D eigenvalue weighted by molar-refractivity contribution is -0.137. The number of carbonyl (C=O) groups excluding carboxylic acids is 1. The molecule has 0 fully saturated rings. The normalized spacial score (nSPS) is 12.6. The fourth-order valence-electron chi connectivity index (χ4n) is 0.374. The molecule has 0 aromatic rings. The van der Waals surface area contributed by atoms with E-state index in [1.54, 1.807) is 0 Å². The first-order valence-electron chi connectivity index (χ1n) is 2.63. The minimum absolute atomic E-state index is 0.00287. The highest BCUT2D eigenvalue weighted by Gasteiger charge is 2.12. The van der Waals surface area contributed by atoms with E-state index < -0.39 is 15.9 Å². The highest BCUT2D eigenvalue weighted by atomic mass is 127. The molecule has 5 heteroatoms. The van der Waals surface area contributed by atoms with E-state index in [-0.39, 0.29) is 12.8 Å². The van der Waals surface area contributed by atoms with Crippen molar-refractivity contribution in [2.45, 2.75) is 18.9 Å². The van der Waals surface area contributed by atoms with Crippen molar-refractivity contribution in [1.82, 2.24) is 0 Å². The summed E-state index contributed by atoms with van der Waals surface area (Å²) >= 11 is 1.43. The SMILES string of the molecule is O=C(O)CCC(O)C(=O)I. The van der Waals surface area contributed by atoms with Crippen LogP contribution in [0, 0.1) is 0 Å². The molecule has 4 nitrogen and oxygen atoms in total. The molecule has 2 N–H and O–H groups in total. The van der Waals surface area contributed by atoms with Gasteiger partial charge in [-0.15, -0.1) is 0 Å². The average Bonchev–Trinajstić information content (AvgIpc) is 1.82. The number of carbonyl (C=O) groups is 2. The highest BCUT2D eigenvalue weighted by molar-refractivity contribution is 14.1. The van der Waals surface area contributed by atoms with E-state index in [1.807, 2.05) is 0 Å². The molecule has 0 aliphatic heterocycles. The third kappa shape index (κ3) is 4.68. The smallest absolute Gasteiger partial charge is 0.303 e. The van der Waals surface area contributed by atoms with Crippen LogP contribution < -0.4 is 0 Å². The summed E-state index contributed by atoms with van der Waals surface area (Å²) in [6.07, 6.45) is -1.30. The molecule has 0 saturated carbocycles. The minimum atomic E-state index is -1.13. The standard InChI is InChI=1S/C5H7IO4/c6-5(10)3(7)1-2-4(8)9/h3,7H,1-2H2,(H,8,9). The zero-order chi connectivity index (χ0) is 8.15. The summed E-state index contributed by atoms with van der Waals surface area (Å²) in [5, 5.41) is 16.9. The maximum absolute atomic E-state index is 10.3. The van der Waals surface area contributed by atoms with Crippen molar-refractivity contribution in [3.63, 3.8) is 0 Å². The van der Waals surface area contributed by atoms with E-state index in [4.69, 9.17) is 10.2 Å². The van der Waals surface area contributed by atoms with Gasteiger partial charge in [0.2, 0.25) is 3.79 Å². The maximum atomic E-state index is 10.3. The molecule has 0 spiro atoms. The summed E-state index contributed by atoms with van der Waals surface area (Å²) < 4.78 is -0.418. The van der Waals surface area contributed by atoms with Gasteiger partial charge in [-0.2, -0.15) is 0 Å². The van der Waals surface area contributed by atoms with Crippen LogP contribution in [0.25, 0.3) is 0 Å². The van der Waals surface area contributed by atoms with Crippen LogP contribution in [0.1, 0.15) is 12.8 Å². The largest absolute Gasteiger partial charge is 0.481 e. The lowest BCUT2D eigenvalue weighted by Gasteiger charge is -2.00. The predicted octanol–water partition coefficient (Wildman–Crippen LogP) is 0.174. The van der Waals surface area contributed by atoms with Crippen molar-refractivity contribution in [1.29, 1.82) is 0 Å². The number of halogens is 1. The third-order valence-electron chi connectivity index (χ3n) is 0.894. The van der Waals surface area contributed by atoms with Crippen LogP contribution in [0.4, 0.5) is 0 Å². The minimum Gasteiger partial charge on any atom is -0.481 e. The second-order valence-corrected chi connectivity index (χ2v) is 2.82. The molecule has 58 valence electrons. The molecule has 0 radical (unpaired) electrons. The van der Waals surface area contributed by atoms with E-state index in [0.29, 0.717) is 0 Å². The number of aliphatic hydroxyl groups is 1. The summed E-state index contributed by atoms with van der Waals surface area (Å²) in [7, 11) is 0. The van der Waals surface area contributed by atoms with Crippen molar-refractivity contribution in [3.8, 4) is 0 Å². The molecule has 1 unspecified atom stereocenters. The third-order valence-corrected chi connectivity index (χ3v) is 1.61. The quantitative estimate of drug-likeness (QED) is 0.557. The molecule has 0 aliphatic rings. The van der Waals surface area contributed by atoms with Gasteiger partial charge < -0.3 is 10.2 Å². The van der Waals surface area contributed by atoms with Crippen LogP contribution in [0.3, 0.4) is 0 Å². The summed E-state index contributed by atoms with van der Waals surface area (Å²) in [5.74, 6) is -1.00. The Balaban J connectivity index is 3.49. The second-order valence-electron chi connectivity index (χ2n) is 1.75. The van der Waals surface area contributed by atoms with Gasteiger partial charge in [-0.3, -0.25) is 9.59 Å². The van der Waals surface area contributed by atoms with Gasteiger partial charge in [-0.1, -0.05) is 0 Å². The van der Waals surface area contributed by atoms with E-state index in [1.165, 1.54) is 22.6 Å². The van der Waals surface area contributed by atoms with Crippen LogP contribution in [0.15, 0.2) is 0 Å². The molecule has 0 bridgehead atoms. The van der Waals surface area contributed by atoms with Crippen molar-refractivity contribution in [2.75, 3.05) is 0 Å². The van der Waals surface area contributed by atoms with E-state index >= 15 is 0 Å². The van der Waals surface area contributed by atoms with Gasteiger partial charge in [0.15, 0.2) is 0 Å². The van der Waals surface area contributed by atoms with Crippen LogP contribution in [-0.2, 0) is 9.59 Å². The summed E-state index contributed by atoms with van der Waals surface area (Å²) in [6, 6.07) is 0. The molecule has 0 saturated heterocycles. The Morgan fingerprint density at radius 3 is 2.30 bits per heavy atom. The Kier molecular flexibility index (Phi) is 4.54. The van der Waals surface area contributed by atoms with Crippen molar-refractivity contribution < 1.29 is 19.8 Å². The Bertz CT molecular complexity index is 145. The molecule has 0 rings (SSSR count). The monoisotopic (exact) mass is 258 g/mol. The number of aliphatic carboxylic acids is 1. The average molecular weight is 258 g/mol. The Morgan fingerprint density at radius 1 is 1.50 bits per heavy atom. The van der Waals surface area contributed by atoms with Gasteiger partial charge in [0.1, 0.15) is 6.10 Å². The van der Waals surface area contributed by atoms with Crippen LogP contribution in [-0.4, -0.2) is 26.1 Å². The zero-order valence-corrected chi connectivity index (χ0v) is 7.24. The first-order chi connectivity index (χ1) is 4.54. The molecule has 0 aromatic carbocycles. The molecule has 0 aliphatic carbocycles. The number of carboxylic acids is 1. The van der Waals surface area contributed by atoms with Gasteiger partial charge in [-0.05, 0) is 6.42 Å². The lowest BCUT2D eigenvalue weighted by Crippen LogP contribution is -2.15. The van der Waals surface area contributed by atoms with Crippen LogP contribution in [0.5, 0.6) is 0 Å². The number of aliphatic hydroxyl groups excluding tert-OH is 1. The second kappa shape index (κ2) is 4.62. The van der Waals surface area contributed by atoms with Gasteiger partial charge >= 0.3 is 5.97 Å². The van der Waals surface area contributed by atoms with Gasteiger partial charge in [-0.25, -0.2) is 0 Å². The molecule has 0 heterocycles. The topological polar surface area (TPSA) is 74.6 Å². The van der Waals surface area contributed by atoms with Crippen LogP contribution >= 0.6 is 22.6 Å². The molecule has 1 atom stereocenters. The Morgan fingerprint density at radius 2 is 2.00 bits per heavy atom. The summed E-state index contributed by atoms with van der Waals surface area (Å²) in [6.45, 7) is 0. The molecular formula is C5H7IO4. The Hall–Kier alpha value is -0.170. The zero-order valence-electron chi connectivity index (χ0n) is 5.08. The number of rotatable bonds is 4. The van der Waals surface area contributed by atoms with Crippen molar-refractivity contribution >= 4 is 32.4 Å². The van der Waals surface area contributed by atoms with Crippen molar-refractivity contribution in [2.24, 2.45) is 0 Å². The van der Waals surface area contributed by atoms with E-state index in [9.17, 15) is 9.59 Å². The first-order valence-corrected chi connectivity index (χ1v) is 3.71. The number of carboxylic acid groups (broad SMARTS) is 1. The fourth-order valence-corrected chi connectivity index (χ4v) is 0.685. The van der Waals surface area contributed by atoms with Gasteiger partial charge in [0, 0.05) is 29.0 Å². The van der Waals surface area contributed by atoms with Crippen LogP contribution in [0.2, 0.25) is 0 Å². The maximum Gasteiger partial charge on any atom is 0.303 e. The van der Waals surface area contributed by atoms with E-state index in [0.717, 1.165) is 0 Å². The molecular weight excluding hydrogens is 251 g/mol. The van der Waals surface area contributed by atoms with Gasteiger partial charge in [0.05, 0.1) is 0 Å². The highest BCUT2D eigenvalue weighted by Crippen LogP contribution is 2.02. The van der Waals surface area contributed by atoms with E-state index in [2.05, 4.69) is 0 Å². The molecule has 10 heavy (non-hydrogen) atoms. The lowest BCUT2D eigenvalue weighted by atomic mass is 10.2. The predicted molar refractivity (Wildman–Crippen MR) is 41.9 cm³/mol. The fraction of sp³-hybridized carbons (Fsp3) is 0.600. The molecule has 0 amide bonds. The summed E-state index contributed by atoms with van der Waals surface area (Å²) in [5.41, 5.74) is 0. The molecule has 0 aromatic heterocycles. The first kappa shape index (κ1) is 9.83. The Labute approximate surface area is 71.4 Å².